The van der Waals surface area contributed by atoms with Crippen molar-refractivity contribution < 1.29 is 9.53 Å². The minimum Gasteiger partial charge on any atom is -0.418 e. The summed E-state index contributed by atoms with van der Waals surface area (Å²) in [4.78, 5) is 13.4. The third-order valence-electron chi connectivity index (χ3n) is 3.08. The number of rotatable bonds is 3. The van der Waals surface area contributed by atoms with Crippen LogP contribution in [-0.4, -0.2) is 24.1 Å². The molecule has 1 saturated heterocycles. The van der Waals surface area contributed by atoms with Crippen molar-refractivity contribution in [2.24, 2.45) is 0 Å². The van der Waals surface area contributed by atoms with Gasteiger partial charge < -0.3 is 9.64 Å². The van der Waals surface area contributed by atoms with Crippen molar-refractivity contribution >= 4 is 6.09 Å². The predicted molar refractivity (Wildman–Crippen MR) is 71.2 cm³/mol. The van der Waals surface area contributed by atoms with Crippen molar-refractivity contribution in [3.8, 4) is 0 Å². The zero-order valence-electron chi connectivity index (χ0n) is 10.5. The van der Waals surface area contributed by atoms with E-state index >= 15 is 0 Å². The standard InChI is InChI=1S/C15H19NO2/c17-15(16-11-5-2-6-12-16)18-13-7-10-14-8-3-1-4-9-14/h1,3-4,7-9,13H,2,5-6,10-12H2/b13-7+. The van der Waals surface area contributed by atoms with Crippen molar-refractivity contribution in [2.45, 2.75) is 25.7 Å². The highest BCUT2D eigenvalue weighted by Gasteiger charge is 2.16. The molecule has 0 unspecified atom stereocenters. The second-order valence-corrected chi connectivity index (χ2v) is 4.49. The first-order valence-electron chi connectivity index (χ1n) is 6.51. The van der Waals surface area contributed by atoms with Gasteiger partial charge in [0.05, 0.1) is 6.26 Å². The van der Waals surface area contributed by atoms with E-state index in [0.717, 1.165) is 32.4 Å². The van der Waals surface area contributed by atoms with E-state index in [1.165, 1.54) is 18.2 Å². The molecule has 2 rings (SSSR count). The highest BCUT2D eigenvalue weighted by Crippen LogP contribution is 2.10. The number of likely N-dealkylation sites (tertiary alicyclic amines) is 1. The normalized spacial score (nSPS) is 15.9. The van der Waals surface area contributed by atoms with E-state index in [0.29, 0.717) is 0 Å². The van der Waals surface area contributed by atoms with Crippen molar-refractivity contribution in [1.29, 1.82) is 0 Å². The van der Waals surface area contributed by atoms with Gasteiger partial charge in [-0.25, -0.2) is 4.79 Å². The number of benzene rings is 1. The van der Waals surface area contributed by atoms with Crippen LogP contribution in [0.1, 0.15) is 24.8 Å². The average Bonchev–Trinajstić information content (AvgIpc) is 2.45. The van der Waals surface area contributed by atoms with Gasteiger partial charge in [0.25, 0.3) is 0 Å². The Hall–Kier alpha value is -1.77. The second-order valence-electron chi connectivity index (χ2n) is 4.49. The van der Waals surface area contributed by atoms with Crippen molar-refractivity contribution in [3.63, 3.8) is 0 Å². The molecule has 1 heterocycles. The summed E-state index contributed by atoms with van der Waals surface area (Å²) in [5.74, 6) is 0. The highest BCUT2D eigenvalue weighted by atomic mass is 16.5. The van der Waals surface area contributed by atoms with Crippen molar-refractivity contribution in [1.82, 2.24) is 4.90 Å². The van der Waals surface area contributed by atoms with E-state index < -0.39 is 0 Å². The number of carbonyl (C=O) groups excluding carboxylic acids is 1. The molecule has 3 nitrogen and oxygen atoms in total. The van der Waals surface area contributed by atoms with Gasteiger partial charge in [-0.3, -0.25) is 0 Å². The Bertz CT molecular complexity index is 394. The van der Waals surface area contributed by atoms with Gasteiger partial charge in [-0.15, -0.1) is 0 Å². The third-order valence-corrected chi connectivity index (χ3v) is 3.08. The van der Waals surface area contributed by atoms with E-state index in [2.05, 4.69) is 12.1 Å². The Morgan fingerprint density at radius 3 is 2.61 bits per heavy atom. The molecule has 1 aromatic rings. The van der Waals surface area contributed by atoms with Crippen LogP contribution in [-0.2, 0) is 11.2 Å². The molecule has 0 atom stereocenters. The molecule has 0 aromatic heterocycles. The SMILES string of the molecule is O=C(O/C=C/Cc1ccccc1)N1CCCCC1. The van der Waals surface area contributed by atoms with Crippen LogP contribution in [0.2, 0.25) is 0 Å². The summed E-state index contributed by atoms with van der Waals surface area (Å²) in [5.41, 5.74) is 1.21. The summed E-state index contributed by atoms with van der Waals surface area (Å²) in [5, 5.41) is 0. The van der Waals surface area contributed by atoms with Gasteiger partial charge in [-0.1, -0.05) is 30.3 Å². The number of piperidine rings is 1. The van der Waals surface area contributed by atoms with Crippen LogP contribution in [0.5, 0.6) is 0 Å². The summed E-state index contributed by atoms with van der Waals surface area (Å²) < 4.78 is 5.11. The molecule has 1 aliphatic rings. The van der Waals surface area contributed by atoms with Crippen LogP contribution < -0.4 is 0 Å². The molecule has 1 fully saturated rings. The lowest BCUT2D eigenvalue weighted by Crippen LogP contribution is -2.35. The third kappa shape index (κ3) is 3.91. The molecular formula is C15H19NO2. The predicted octanol–water partition coefficient (Wildman–Crippen LogP) is 3.37. The fourth-order valence-corrected chi connectivity index (χ4v) is 2.06. The van der Waals surface area contributed by atoms with Gasteiger partial charge in [0.2, 0.25) is 0 Å². The lowest BCUT2D eigenvalue weighted by molar-refractivity contribution is 0.128. The Balaban J connectivity index is 1.72. The monoisotopic (exact) mass is 245 g/mol. The number of ether oxygens (including phenoxy) is 1. The first-order chi connectivity index (χ1) is 8.86. The first-order valence-corrected chi connectivity index (χ1v) is 6.51. The van der Waals surface area contributed by atoms with Crippen LogP contribution in [0.15, 0.2) is 42.7 Å². The lowest BCUT2D eigenvalue weighted by atomic mass is 10.1. The molecule has 1 amide bonds. The number of nitrogens with zero attached hydrogens (tertiary/aromatic N) is 1. The molecule has 18 heavy (non-hydrogen) atoms. The summed E-state index contributed by atoms with van der Waals surface area (Å²) in [7, 11) is 0. The molecule has 0 saturated carbocycles. The molecule has 0 radical (unpaired) electrons. The van der Waals surface area contributed by atoms with Gasteiger partial charge >= 0.3 is 6.09 Å². The molecule has 0 bridgehead atoms. The van der Waals surface area contributed by atoms with Gasteiger partial charge in [-0.05, 0) is 37.3 Å². The van der Waals surface area contributed by atoms with Gasteiger partial charge in [0.15, 0.2) is 0 Å². The highest BCUT2D eigenvalue weighted by molar-refractivity contribution is 5.68. The average molecular weight is 245 g/mol. The fraction of sp³-hybridized carbons (Fsp3) is 0.400. The Morgan fingerprint density at radius 2 is 1.89 bits per heavy atom. The van der Waals surface area contributed by atoms with Crippen LogP contribution in [0.25, 0.3) is 0 Å². The van der Waals surface area contributed by atoms with Gasteiger partial charge in [0, 0.05) is 13.1 Å². The van der Waals surface area contributed by atoms with E-state index in [-0.39, 0.29) is 6.09 Å². The van der Waals surface area contributed by atoms with Crippen molar-refractivity contribution in [3.05, 3.63) is 48.2 Å². The van der Waals surface area contributed by atoms with E-state index in [1.807, 2.05) is 24.3 Å². The molecule has 3 heteroatoms. The maximum atomic E-state index is 11.7. The molecule has 0 spiro atoms. The molecule has 96 valence electrons. The maximum Gasteiger partial charge on any atom is 0.414 e. The first kappa shape index (κ1) is 12.7. The number of hydrogen-bond donors (Lipinski definition) is 0. The van der Waals surface area contributed by atoms with Gasteiger partial charge in [-0.2, -0.15) is 0 Å². The largest absolute Gasteiger partial charge is 0.418 e. The van der Waals surface area contributed by atoms with E-state index in [1.54, 1.807) is 4.90 Å². The molecular weight excluding hydrogens is 226 g/mol. The second kappa shape index (κ2) is 6.84. The van der Waals surface area contributed by atoms with Crippen LogP contribution in [0.3, 0.4) is 0 Å². The quantitative estimate of drug-likeness (QED) is 0.764. The molecule has 1 aliphatic heterocycles. The van der Waals surface area contributed by atoms with E-state index in [9.17, 15) is 4.79 Å². The number of hydrogen-bond acceptors (Lipinski definition) is 2. The minimum atomic E-state index is -0.223. The minimum absolute atomic E-state index is 0.223. The summed E-state index contributed by atoms with van der Waals surface area (Å²) >= 11 is 0. The smallest absolute Gasteiger partial charge is 0.414 e. The van der Waals surface area contributed by atoms with Crippen molar-refractivity contribution in [2.75, 3.05) is 13.1 Å². The molecule has 0 aliphatic carbocycles. The number of carbonyl (C=O) groups is 1. The number of amides is 1. The zero-order chi connectivity index (χ0) is 12.6. The van der Waals surface area contributed by atoms with Crippen LogP contribution in [0, 0.1) is 0 Å². The topological polar surface area (TPSA) is 29.5 Å². The van der Waals surface area contributed by atoms with Crippen LogP contribution >= 0.6 is 0 Å². The van der Waals surface area contributed by atoms with Gasteiger partial charge in [0.1, 0.15) is 0 Å². The summed E-state index contributed by atoms with van der Waals surface area (Å²) in [6, 6.07) is 10.1. The summed E-state index contributed by atoms with van der Waals surface area (Å²) in [6.45, 7) is 1.65. The Kier molecular flexibility index (Phi) is 4.82. The maximum absolute atomic E-state index is 11.7. The molecule has 0 N–H and O–H groups in total. The number of allylic oxidation sites excluding steroid dienone is 1. The molecule has 1 aromatic carbocycles. The lowest BCUT2D eigenvalue weighted by Gasteiger charge is -2.24. The van der Waals surface area contributed by atoms with E-state index in [4.69, 9.17) is 4.74 Å². The zero-order valence-corrected chi connectivity index (χ0v) is 10.5. The van der Waals surface area contributed by atoms with Crippen LogP contribution in [0.4, 0.5) is 4.79 Å². The fourth-order valence-electron chi connectivity index (χ4n) is 2.06. The Morgan fingerprint density at radius 1 is 1.17 bits per heavy atom. The Labute approximate surface area is 108 Å². The summed E-state index contributed by atoms with van der Waals surface area (Å²) in [6.07, 6.45) is 7.33.